The van der Waals surface area contributed by atoms with Crippen molar-refractivity contribution in [2.45, 2.75) is 20.0 Å². The Kier molecular flexibility index (Phi) is 4.72. The van der Waals surface area contributed by atoms with Gasteiger partial charge < -0.3 is 13.5 Å². The van der Waals surface area contributed by atoms with Crippen molar-refractivity contribution in [1.82, 2.24) is 4.98 Å². The summed E-state index contributed by atoms with van der Waals surface area (Å²) in [4.78, 5) is 14.3. The monoisotopic (exact) mass is 314 g/mol. The number of rotatable bonds is 7. The zero-order chi connectivity index (χ0) is 15.5. The molecule has 8 nitrogen and oxygen atoms in total. The van der Waals surface area contributed by atoms with Gasteiger partial charge in [-0.1, -0.05) is 0 Å². The lowest BCUT2D eigenvalue weighted by Gasteiger charge is -2.14. The summed E-state index contributed by atoms with van der Waals surface area (Å²) in [6.45, 7) is 3.90. The molecule has 0 saturated carbocycles. The molecule has 0 bridgehead atoms. The Morgan fingerprint density at radius 2 is 2.00 bits per heavy atom. The zero-order valence-electron chi connectivity index (χ0n) is 11.6. The number of nitro groups is 1. The number of aromatic nitrogens is 1. The van der Waals surface area contributed by atoms with Gasteiger partial charge in [0.2, 0.25) is 5.89 Å². The van der Waals surface area contributed by atoms with Gasteiger partial charge in [-0.25, -0.2) is 4.98 Å². The number of hydrogen-bond acceptors (Lipinski definition) is 7. The Morgan fingerprint density at radius 1 is 1.33 bits per heavy atom. The van der Waals surface area contributed by atoms with Crippen molar-refractivity contribution in [3.63, 3.8) is 0 Å². The molecule has 114 valence electrons. The van der Waals surface area contributed by atoms with Gasteiger partial charge in [-0.15, -0.1) is 0 Å². The van der Waals surface area contributed by atoms with Gasteiger partial charge in [0.25, 0.3) is 5.69 Å². The molecular formula is C12H15N2O6P. The van der Waals surface area contributed by atoms with Crippen LogP contribution in [0.1, 0.15) is 19.7 Å². The average molecular weight is 314 g/mol. The number of benzene rings is 1. The van der Waals surface area contributed by atoms with E-state index in [1.54, 1.807) is 13.8 Å². The van der Waals surface area contributed by atoms with E-state index in [1.807, 2.05) is 0 Å². The smallest absolute Gasteiger partial charge is 0.339 e. The SMILES string of the molecule is CCOP(=O)(Cc1nc2cc([N+](=O)[O-])ccc2o1)OCC. The molecule has 1 aromatic carbocycles. The van der Waals surface area contributed by atoms with Gasteiger partial charge >= 0.3 is 7.60 Å². The number of nitrogens with zero attached hydrogens (tertiary/aromatic N) is 2. The summed E-state index contributed by atoms with van der Waals surface area (Å²) >= 11 is 0. The minimum Gasteiger partial charge on any atom is -0.440 e. The van der Waals surface area contributed by atoms with Crippen LogP contribution in [-0.2, 0) is 19.8 Å². The molecule has 0 amide bonds. The summed E-state index contributed by atoms with van der Waals surface area (Å²) < 4.78 is 28.1. The Balaban J connectivity index is 2.30. The average Bonchev–Trinajstić information content (AvgIpc) is 2.79. The second-order valence-corrected chi connectivity index (χ2v) is 6.18. The van der Waals surface area contributed by atoms with E-state index in [0.717, 1.165) is 0 Å². The fourth-order valence-corrected chi connectivity index (χ4v) is 3.34. The predicted octanol–water partition coefficient (Wildman–Crippen LogP) is 3.50. The first-order valence-electron chi connectivity index (χ1n) is 6.39. The Hall–Kier alpha value is -1.76. The zero-order valence-corrected chi connectivity index (χ0v) is 12.5. The summed E-state index contributed by atoms with van der Waals surface area (Å²) in [5.41, 5.74) is 0.633. The number of fused-ring (bicyclic) bond motifs is 1. The molecule has 0 aliphatic heterocycles. The van der Waals surface area contributed by atoms with Gasteiger partial charge in [-0.05, 0) is 19.9 Å². The van der Waals surface area contributed by atoms with Crippen LogP contribution in [0.15, 0.2) is 22.6 Å². The normalized spacial score (nSPS) is 11.9. The summed E-state index contributed by atoms with van der Waals surface area (Å²) in [6.07, 6.45) is -0.114. The highest BCUT2D eigenvalue weighted by molar-refractivity contribution is 7.52. The van der Waals surface area contributed by atoms with Gasteiger partial charge in [0.1, 0.15) is 11.7 Å². The lowest BCUT2D eigenvalue weighted by atomic mass is 10.3. The number of hydrogen-bond donors (Lipinski definition) is 0. The first-order chi connectivity index (χ1) is 9.97. The third-order valence-electron chi connectivity index (χ3n) is 2.61. The summed E-state index contributed by atoms with van der Waals surface area (Å²) in [7, 11) is -3.32. The van der Waals surface area contributed by atoms with E-state index in [1.165, 1.54) is 18.2 Å². The molecule has 9 heteroatoms. The molecule has 0 aliphatic rings. The van der Waals surface area contributed by atoms with Crippen molar-refractivity contribution >= 4 is 24.4 Å². The lowest BCUT2D eigenvalue weighted by molar-refractivity contribution is -0.384. The second-order valence-electron chi connectivity index (χ2n) is 4.12. The molecule has 1 heterocycles. The summed E-state index contributed by atoms with van der Waals surface area (Å²) in [5.74, 6) is 0.163. The van der Waals surface area contributed by atoms with E-state index >= 15 is 0 Å². The minimum absolute atomic E-state index is 0.0832. The quantitative estimate of drug-likeness (QED) is 0.437. The largest absolute Gasteiger partial charge is 0.440 e. The molecule has 0 aliphatic carbocycles. The van der Waals surface area contributed by atoms with Gasteiger partial charge in [-0.3, -0.25) is 14.7 Å². The fourth-order valence-electron chi connectivity index (χ4n) is 1.83. The van der Waals surface area contributed by atoms with Crippen LogP contribution in [0.25, 0.3) is 11.1 Å². The van der Waals surface area contributed by atoms with Gasteiger partial charge in [0.05, 0.1) is 18.1 Å². The molecule has 0 saturated heterocycles. The van der Waals surface area contributed by atoms with Crippen LogP contribution in [0.5, 0.6) is 0 Å². The van der Waals surface area contributed by atoms with Crippen molar-refractivity contribution in [2.24, 2.45) is 0 Å². The maximum atomic E-state index is 12.4. The van der Waals surface area contributed by atoms with Crippen LogP contribution in [0.3, 0.4) is 0 Å². The van der Waals surface area contributed by atoms with Gasteiger partial charge in [-0.2, -0.15) is 0 Å². The number of oxazole rings is 1. The minimum atomic E-state index is -3.32. The highest BCUT2D eigenvalue weighted by Gasteiger charge is 2.27. The van der Waals surface area contributed by atoms with E-state index in [4.69, 9.17) is 13.5 Å². The van der Waals surface area contributed by atoms with Crippen LogP contribution < -0.4 is 0 Å². The second kappa shape index (κ2) is 6.34. The van der Waals surface area contributed by atoms with E-state index in [9.17, 15) is 14.7 Å². The summed E-state index contributed by atoms with van der Waals surface area (Å²) in [5, 5.41) is 10.7. The van der Waals surface area contributed by atoms with E-state index in [0.29, 0.717) is 11.1 Å². The molecule has 0 radical (unpaired) electrons. The lowest BCUT2D eigenvalue weighted by Crippen LogP contribution is -1.99. The van der Waals surface area contributed by atoms with Crippen LogP contribution >= 0.6 is 7.60 Å². The molecule has 0 spiro atoms. The third kappa shape index (κ3) is 3.66. The molecule has 0 unspecified atom stereocenters. The van der Waals surface area contributed by atoms with Crippen LogP contribution in [0.2, 0.25) is 0 Å². The topological polar surface area (TPSA) is 105 Å². The Morgan fingerprint density at radius 3 is 2.57 bits per heavy atom. The van der Waals surface area contributed by atoms with Crippen molar-refractivity contribution < 1.29 is 23.0 Å². The van der Waals surface area contributed by atoms with Crippen molar-refractivity contribution in [1.29, 1.82) is 0 Å². The van der Waals surface area contributed by atoms with E-state index in [-0.39, 0.29) is 31.0 Å². The predicted molar refractivity (Wildman–Crippen MR) is 75.2 cm³/mol. The molecule has 0 fully saturated rings. The highest BCUT2D eigenvalue weighted by atomic mass is 31.2. The maximum Gasteiger partial charge on any atom is 0.339 e. The standard InChI is InChI=1S/C12H15N2O6P/c1-3-18-21(17,19-4-2)8-12-13-10-7-9(14(15)16)5-6-11(10)20-12/h5-7H,3-4,8H2,1-2H3. The van der Waals surface area contributed by atoms with Crippen LogP contribution in [0, 0.1) is 10.1 Å². The third-order valence-corrected chi connectivity index (χ3v) is 4.57. The number of non-ortho nitro benzene ring substituents is 1. The Bertz CT molecular complexity index is 688. The molecule has 21 heavy (non-hydrogen) atoms. The van der Waals surface area contributed by atoms with Crippen molar-refractivity contribution in [3.05, 3.63) is 34.2 Å². The van der Waals surface area contributed by atoms with E-state index < -0.39 is 12.5 Å². The van der Waals surface area contributed by atoms with Gasteiger partial charge in [0, 0.05) is 12.1 Å². The van der Waals surface area contributed by atoms with Crippen LogP contribution in [-0.4, -0.2) is 23.1 Å². The van der Waals surface area contributed by atoms with Crippen LogP contribution in [0.4, 0.5) is 5.69 Å². The summed E-state index contributed by atoms with van der Waals surface area (Å²) in [6, 6.07) is 4.08. The van der Waals surface area contributed by atoms with E-state index in [2.05, 4.69) is 4.98 Å². The van der Waals surface area contributed by atoms with Crippen molar-refractivity contribution in [2.75, 3.05) is 13.2 Å². The first kappa shape index (κ1) is 15.6. The number of nitro benzene ring substituents is 1. The van der Waals surface area contributed by atoms with Gasteiger partial charge in [0.15, 0.2) is 5.58 Å². The van der Waals surface area contributed by atoms with Crippen molar-refractivity contribution in [3.8, 4) is 0 Å². The first-order valence-corrected chi connectivity index (χ1v) is 8.12. The highest BCUT2D eigenvalue weighted by Crippen LogP contribution is 2.51. The molecule has 2 rings (SSSR count). The molecule has 0 atom stereocenters. The molecule has 0 N–H and O–H groups in total. The Labute approximate surface area is 120 Å². The fraction of sp³-hybridized carbons (Fsp3) is 0.417. The molecule has 1 aromatic heterocycles. The maximum absolute atomic E-state index is 12.4. The molecule has 2 aromatic rings. The molecular weight excluding hydrogens is 299 g/mol.